The van der Waals surface area contributed by atoms with E-state index in [2.05, 4.69) is 72.0 Å². The second-order valence-corrected chi connectivity index (χ2v) is 3.92. The molecule has 0 aliphatic carbocycles. The molecule has 0 fully saturated rings. The van der Waals surface area contributed by atoms with Gasteiger partial charge in [-0.15, -0.1) is 9.13 Å². The van der Waals surface area contributed by atoms with Gasteiger partial charge in [-0.2, -0.15) is 0 Å². The number of aryl methyl sites for hydroxylation is 2. The van der Waals surface area contributed by atoms with E-state index >= 15 is 0 Å². The number of hydrogen-bond donors (Lipinski definition) is 0. The standard InChI is InChI=1S/C13H16N2.2HI/c1-12-3-7-14(8-4-12)11-15-9-5-13(2)6-10-15;;/h3-10H,11H2,1-2H3;2*1H/q+2;;/p-2. The molecule has 0 aliphatic rings. The van der Waals surface area contributed by atoms with Gasteiger partial charge in [0.25, 0.3) is 0 Å². The number of aromatic nitrogens is 2. The molecule has 0 spiro atoms. The molecule has 2 nitrogen and oxygen atoms in total. The lowest BCUT2D eigenvalue weighted by molar-refractivity contribution is -0.913. The molecule has 4 heteroatoms. The van der Waals surface area contributed by atoms with Gasteiger partial charge in [0, 0.05) is 24.3 Å². The molecule has 0 aromatic carbocycles. The second kappa shape index (κ2) is 7.97. The SMILES string of the molecule is Cc1cc[n+](C[n+]2ccc(C)cc2)cc1.[I-].[I-]. The van der Waals surface area contributed by atoms with Crippen molar-refractivity contribution in [2.75, 3.05) is 0 Å². The Morgan fingerprint density at radius 3 is 1.29 bits per heavy atom. The van der Waals surface area contributed by atoms with Crippen molar-refractivity contribution >= 4 is 0 Å². The summed E-state index contributed by atoms with van der Waals surface area (Å²) in [5.41, 5.74) is 2.58. The summed E-state index contributed by atoms with van der Waals surface area (Å²) in [7, 11) is 0. The van der Waals surface area contributed by atoms with Crippen molar-refractivity contribution in [3.8, 4) is 0 Å². The summed E-state index contributed by atoms with van der Waals surface area (Å²) in [5.74, 6) is 0. The highest BCUT2D eigenvalue weighted by molar-refractivity contribution is 5.03. The maximum Gasteiger partial charge on any atom is 0.343 e. The van der Waals surface area contributed by atoms with Crippen LogP contribution in [0.1, 0.15) is 11.1 Å². The first-order valence-corrected chi connectivity index (χ1v) is 5.15. The minimum atomic E-state index is 0. The van der Waals surface area contributed by atoms with Crippen molar-refractivity contribution in [3.63, 3.8) is 0 Å². The van der Waals surface area contributed by atoms with E-state index in [4.69, 9.17) is 0 Å². The maximum absolute atomic E-state index is 2.16. The molecule has 2 rings (SSSR count). The van der Waals surface area contributed by atoms with Crippen LogP contribution >= 0.6 is 0 Å². The van der Waals surface area contributed by atoms with Crippen molar-refractivity contribution in [3.05, 3.63) is 60.2 Å². The molecule has 0 bridgehead atoms. The van der Waals surface area contributed by atoms with Gasteiger partial charge in [0.2, 0.25) is 0 Å². The molecule has 0 saturated carbocycles. The van der Waals surface area contributed by atoms with Gasteiger partial charge in [-0.1, -0.05) is 0 Å². The number of hydrogen-bond acceptors (Lipinski definition) is 0. The van der Waals surface area contributed by atoms with Crippen molar-refractivity contribution in [2.24, 2.45) is 0 Å². The Hall–Kier alpha value is -0.240. The minimum Gasteiger partial charge on any atom is -1.00 e. The number of rotatable bonds is 2. The van der Waals surface area contributed by atoms with Crippen molar-refractivity contribution < 1.29 is 57.1 Å². The molecule has 0 N–H and O–H groups in total. The number of pyridine rings is 2. The fourth-order valence-corrected chi connectivity index (χ4v) is 1.44. The van der Waals surface area contributed by atoms with E-state index < -0.39 is 0 Å². The summed E-state index contributed by atoms with van der Waals surface area (Å²) in [4.78, 5) is 0. The quantitative estimate of drug-likeness (QED) is 0.319. The lowest BCUT2D eigenvalue weighted by atomic mass is 10.3. The van der Waals surface area contributed by atoms with E-state index in [9.17, 15) is 0 Å². The van der Waals surface area contributed by atoms with Crippen molar-refractivity contribution in [1.29, 1.82) is 0 Å². The first-order chi connectivity index (χ1) is 7.24. The highest BCUT2D eigenvalue weighted by atomic mass is 127. The Balaban J connectivity index is 0.00000128. The Labute approximate surface area is 137 Å². The van der Waals surface area contributed by atoms with Gasteiger partial charge < -0.3 is 48.0 Å². The summed E-state index contributed by atoms with van der Waals surface area (Å²) in [6, 6.07) is 8.48. The molecule has 0 atom stereocenters. The first kappa shape index (κ1) is 16.8. The van der Waals surface area contributed by atoms with Gasteiger partial charge in [0.05, 0.1) is 0 Å². The molecule has 0 radical (unpaired) electrons. The first-order valence-electron chi connectivity index (χ1n) is 5.15. The van der Waals surface area contributed by atoms with E-state index in [1.807, 2.05) is 0 Å². The Morgan fingerprint density at radius 1 is 0.706 bits per heavy atom. The normalized spacial score (nSPS) is 9.06. The molecule has 0 saturated heterocycles. The van der Waals surface area contributed by atoms with Gasteiger partial charge in [0.1, 0.15) is 0 Å². The third kappa shape index (κ3) is 5.29. The topological polar surface area (TPSA) is 7.76 Å². The molecule has 92 valence electrons. The zero-order valence-corrected chi connectivity index (χ0v) is 14.3. The smallest absolute Gasteiger partial charge is 0.343 e. The molecule has 2 aromatic heterocycles. The van der Waals surface area contributed by atoms with E-state index in [1.165, 1.54) is 11.1 Å². The lowest BCUT2D eigenvalue weighted by Gasteiger charge is -1.94. The fourth-order valence-electron chi connectivity index (χ4n) is 1.44. The number of halogens is 2. The predicted octanol–water partition coefficient (Wildman–Crippen LogP) is -4.61. The van der Waals surface area contributed by atoms with Crippen LogP contribution in [0.5, 0.6) is 0 Å². The van der Waals surface area contributed by atoms with Crippen LogP contribution in [-0.4, -0.2) is 0 Å². The largest absolute Gasteiger partial charge is 1.00 e. The van der Waals surface area contributed by atoms with Crippen LogP contribution in [0.4, 0.5) is 0 Å². The average molecular weight is 454 g/mol. The van der Waals surface area contributed by atoms with Crippen LogP contribution in [0.3, 0.4) is 0 Å². The van der Waals surface area contributed by atoms with Crippen LogP contribution in [-0.2, 0) is 6.67 Å². The minimum absolute atomic E-state index is 0. The molecule has 0 unspecified atom stereocenters. The lowest BCUT2D eigenvalue weighted by Crippen LogP contribution is -3.00. The molecule has 2 aromatic rings. The Kier molecular flexibility index (Phi) is 7.85. The highest BCUT2D eigenvalue weighted by Crippen LogP contribution is 1.90. The summed E-state index contributed by atoms with van der Waals surface area (Å²) in [6.07, 6.45) is 8.40. The van der Waals surface area contributed by atoms with Crippen LogP contribution in [0.15, 0.2) is 49.1 Å². The molecular formula is C13H16I2N2. The third-order valence-electron chi connectivity index (χ3n) is 2.44. The number of nitrogens with zero attached hydrogens (tertiary/aromatic N) is 2. The third-order valence-corrected chi connectivity index (χ3v) is 2.44. The Bertz CT molecular complexity index is 394. The van der Waals surface area contributed by atoms with Crippen molar-refractivity contribution in [2.45, 2.75) is 20.5 Å². The predicted molar refractivity (Wildman–Crippen MR) is 58.1 cm³/mol. The zero-order chi connectivity index (χ0) is 10.7. The van der Waals surface area contributed by atoms with Gasteiger partial charge in [-0.3, -0.25) is 0 Å². The van der Waals surface area contributed by atoms with Gasteiger partial charge in [0.15, 0.2) is 24.8 Å². The van der Waals surface area contributed by atoms with Crippen molar-refractivity contribution in [1.82, 2.24) is 0 Å². The summed E-state index contributed by atoms with van der Waals surface area (Å²) in [5, 5.41) is 0. The summed E-state index contributed by atoms with van der Waals surface area (Å²) >= 11 is 0. The van der Waals surface area contributed by atoms with Crippen LogP contribution in [0.2, 0.25) is 0 Å². The maximum atomic E-state index is 2.16. The Morgan fingerprint density at radius 2 is 1.00 bits per heavy atom. The van der Waals surface area contributed by atoms with Crippen LogP contribution < -0.4 is 57.1 Å². The van der Waals surface area contributed by atoms with Gasteiger partial charge in [-0.05, 0) is 25.0 Å². The van der Waals surface area contributed by atoms with Crippen LogP contribution in [0, 0.1) is 13.8 Å². The van der Waals surface area contributed by atoms with E-state index in [-0.39, 0.29) is 48.0 Å². The summed E-state index contributed by atoms with van der Waals surface area (Å²) in [6.45, 7) is 5.06. The fraction of sp³-hybridized carbons (Fsp3) is 0.231. The van der Waals surface area contributed by atoms with Gasteiger partial charge in [-0.25, -0.2) is 0 Å². The summed E-state index contributed by atoms with van der Waals surface area (Å²) < 4.78 is 4.31. The molecule has 0 aliphatic heterocycles. The molecule has 0 amide bonds. The molecular weight excluding hydrogens is 438 g/mol. The molecule has 2 heterocycles. The zero-order valence-electron chi connectivity index (χ0n) is 9.98. The highest BCUT2D eigenvalue weighted by Gasteiger charge is 2.05. The average Bonchev–Trinajstić information content (AvgIpc) is 2.25. The van der Waals surface area contributed by atoms with E-state index in [0.29, 0.717) is 0 Å². The molecule has 17 heavy (non-hydrogen) atoms. The van der Waals surface area contributed by atoms with Crippen LogP contribution in [0.25, 0.3) is 0 Å². The van der Waals surface area contributed by atoms with E-state index in [0.717, 1.165) is 6.67 Å². The monoisotopic (exact) mass is 454 g/mol. The second-order valence-electron chi connectivity index (χ2n) is 3.92. The van der Waals surface area contributed by atoms with Gasteiger partial charge >= 0.3 is 6.67 Å². The van der Waals surface area contributed by atoms with E-state index in [1.54, 1.807) is 0 Å².